The fraction of sp³-hybridized carbons (Fsp3) is 0.385. The summed E-state index contributed by atoms with van der Waals surface area (Å²) in [5.74, 6) is -2.11. The van der Waals surface area contributed by atoms with Crippen molar-refractivity contribution >= 4 is 17.5 Å². The molecule has 1 unspecified atom stereocenters. The number of rotatable bonds is 4. The third-order valence-electron chi connectivity index (χ3n) is 2.60. The smallest absolute Gasteiger partial charge is 0.396 e. The second kappa shape index (κ2) is 7.07. The third kappa shape index (κ3) is 5.42. The molecule has 0 saturated heterocycles. The first-order valence-corrected chi connectivity index (χ1v) is 6.11. The standard InChI is InChI=1S/C13H15F3N2O3/c1-8(7-19)6-17-11(20)12(21)18-10-4-2-9(3-5-10)13(14,15)16/h2-5,8,19H,6-7H2,1H3,(H,17,20)(H,18,21). The first-order valence-electron chi connectivity index (χ1n) is 6.11. The number of amides is 2. The lowest BCUT2D eigenvalue weighted by molar-refractivity contribution is -0.137. The molecule has 0 heterocycles. The minimum absolute atomic E-state index is 0.0818. The number of carbonyl (C=O) groups is 2. The quantitative estimate of drug-likeness (QED) is 0.736. The van der Waals surface area contributed by atoms with E-state index in [4.69, 9.17) is 5.11 Å². The number of hydrogen-bond donors (Lipinski definition) is 3. The average Bonchev–Trinajstić information content (AvgIpc) is 2.43. The average molecular weight is 304 g/mol. The van der Waals surface area contributed by atoms with Crippen molar-refractivity contribution in [3.63, 3.8) is 0 Å². The number of aliphatic hydroxyl groups excluding tert-OH is 1. The Morgan fingerprint density at radius 1 is 1.19 bits per heavy atom. The number of carbonyl (C=O) groups excluding carboxylic acids is 2. The first-order chi connectivity index (χ1) is 9.74. The molecular weight excluding hydrogens is 289 g/mol. The molecule has 0 aliphatic carbocycles. The van der Waals surface area contributed by atoms with Crippen LogP contribution in [0, 0.1) is 5.92 Å². The van der Waals surface area contributed by atoms with Crippen LogP contribution in [0.25, 0.3) is 0 Å². The molecule has 0 fully saturated rings. The van der Waals surface area contributed by atoms with E-state index in [1.165, 1.54) is 0 Å². The highest BCUT2D eigenvalue weighted by Crippen LogP contribution is 2.29. The van der Waals surface area contributed by atoms with Crippen molar-refractivity contribution in [3.8, 4) is 0 Å². The number of hydrogen-bond acceptors (Lipinski definition) is 3. The summed E-state index contributed by atoms with van der Waals surface area (Å²) in [6.45, 7) is 1.66. The van der Waals surface area contributed by atoms with E-state index in [-0.39, 0.29) is 24.8 Å². The van der Waals surface area contributed by atoms with E-state index in [1.54, 1.807) is 6.92 Å². The minimum Gasteiger partial charge on any atom is -0.396 e. The lowest BCUT2D eigenvalue weighted by atomic mass is 10.2. The van der Waals surface area contributed by atoms with Crippen molar-refractivity contribution < 1.29 is 27.9 Å². The summed E-state index contributed by atoms with van der Waals surface area (Å²) in [5.41, 5.74) is -0.764. The second-order valence-corrected chi connectivity index (χ2v) is 4.53. The van der Waals surface area contributed by atoms with E-state index in [2.05, 4.69) is 10.6 Å². The van der Waals surface area contributed by atoms with Crippen LogP contribution in [-0.4, -0.2) is 30.1 Å². The van der Waals surface area contributed by atoms with E-state index in [0.29, 0.717) is 0 Å². The van der Waals surface area contributed by atoms with Gasteiger partial charge in [0.2, 0.25) is 0 Å². The third-order valence-corrected chi connectivity index (χ3v) is 2.60. The Balaban J connectivity index is 2.57. The molecule has 2 amide bonds. The summed E-state index contributed by atoms with van der Waals surface area (Å²) < 4.78 is 37.0. The molecule has 116 valence electrons. The molecule has 21 heavy (non-hydrogen) atoms. The van der Waals surface area contributed by atoms with Crippen LogP contribution in [0.5, 0.6) is 0 Å². The van der Waals surface area contributed by atoms with Gasteiger partial charge in [-0.05, 0) is 30.2 Å². The van der Waals surface area contributed by atoms with E-state index in [0.717, 1.165) is 24.3 Å². The summed E-state index contributed by atoms with van der Waals surface area (Å²) in [6, 6.07) is 3.73. The molecule has 0 spiro atoms. The molecule has 0 aliphatic rings. The molecule has 3 N–H and O–H groups in total. The van der Waals surface area contributed by atoms with Gasteiger partial charge in [0.1, 0.15) is 0 Å². The van der Waals surface area contributed by atoms with Crippen molar-refractivity contribution in [3.05, 3.63) is 29.8 Å². The molecule has 5 nitrogen and oxygen atoms in total. The zero-order valence-corrected chi connectivity index (χ0v) is 11.2. The molecule has 1 atom stereocenters. The van der Waals surface area contributed by atoms with Crippen molar-refractivity contribution in [1.29, 1.82) is 0 Å². The van der Waals surface area contributed by atoms with Gasteiger partial charge in [-0.25, -0.2) is 0 Å². The minimum atomic E-state index is -4.46. The van der Waals surface area contributed by atoms with E-state index >= 15 is 0 Å². The Bertz CT molecular complexity index is 500. The topological polar surface area (TPSA) is 78.4 Å². The Morgan fingerprint density at radius 2 is 1.76 bits per heavy atom. The van der Waals surface area contributed by atoms with Crippen LogP contribution in [0.4, 0.5) is 18.9 Å². The Labute approximate surface area is 119 Å². The number of benzene rings is 1. The highest BCUT2D eigenvalue weighted by molar-refractivity contribution is 6.39. The maximum Gasteiger partial charge on any atom is 0.416 e. The molecule has 0 radical (unpaired) electrons. The zero-order valence-electron chi connectivity index (χ0n) is 11.2. The van der Waals surface area contributed by atoms with Gasteiger partial charge in [-0.3, -0.25) is 9.59 Å². The number of halogens is 3. The highest BCUT2D eigenvalue weighted by Gasteiger charge is 2.30. The van der Waals surface area contributed by atoms with Gasteiger partial charge in [-0.1, -0.05) is 6.92 Å². The van der Waals surface area contributed by atoms with Gasteiger partial charge < -0.3 is 15.7 Å². The Kier molecular flexibility index (Phi) is 5.71. The van der Waals surface area contributed by atoms with Crippen molar-refractivity contribution in [2.75, 3.05) is 18.5 Å². The molecule has 1 aromatic rings. The van der Waals surface area contributed by atoms with E-state index in [9.17, 15) is 22.8 Å². The van der Waals surface area contributed by atoms with Crippen LogP contribution in [0.15, 0.2) is 24.3 Å². The molecular formula is C13H15F3N2O3. The predicted molar refractivity (Wildman–Crippen MR) is 69.3 cm³/mol. The summed E-state index contributed by atoms with van der Waals surface area (Å²) in [6.07, 6.45) is -4.46. The maximum absolute atomic E-state index is 12.3. The van der Waals surface area contributed by atoms with Gasteiger partial charge in [-0.15, -0.1) is 0 Å². The number of anilines is 1. The van der Waals surface area contributed by atoms with E-state index < -0.39 is 23.6 Å². The van der Waals surface area contributed by atoms with Crippen LogP contribution in [-0.2, 0) is 15.8 Å². The van der Waals surface area contributed by atoms with Crippen LogP contribution < -0.4 is 10.6 Å². The summed E-state index contributed by atoms with van der Waals surface area (Å²) in [7, 11) is 0. The number of aliphatic hydroxyl groups is 1. The normalized spacial score (nSPS) is 12.6. The SMILES string of the molecule is CC(CO)CNC(=O)C(=O)Nc1ccc(C(F)(F)F)cc1. The van der Waals surface area contributed by atoms with Crippen LogP contribution in [0.1, 0.15) is 12.5 Å². The lowest BCUT2D eigenvalue weighted by Gasteiger charge is -2.10. The lowest BCUT2D eigenvalue weighted by Crippen LogP contribution is -2.38. The maximum atomic E-state index is 12.3. The van der Waals surface area contributed by atoms with Gasteiger partial charge in [0.05, 0.1) is 5.56 Å². The van der Waals surface area contributed by atoms with Gasteiger partial charge in [0.25, 0.3) is 0 Å². The zero-order chi connectivity index (χ0) is 16.0. The number of alkyl halides is 3. The van der Waals surface area contributed by atoms with Gasteiger partial charge in [-0.2, -0.15) is 13.2 Å². The van der Waals surface area contributed by atoms with Crippen LogP contribution in [0.3, 0.4) is 0 Å². The summed E-state index contributed by atoms with van der Waals surface area (Å²) >= 11 is 0. The highest BCUT2D eigenvalue weighted by atomic mass is 19.4. The fourth-order valence-corrected chi connectivity index (χ4v) is 1.34. The Morgan fingerprint density at radius 3 is 2.24 bits per heavy atom. The van der Waals surface area contributed by atoms with Gasteiger partial charge >= 0.3 is 18.0 Å². The first kappa shape index (κ1) is 17.0. The van der Waals surface area contributed by atoms with Crippen LogP contribution in [0.2, 0.25) is 0 Å². The summed E-state index contributed by atoms with van der Waals surface area (Å²) in [5, 5.41) is 13.2. The predicted octanol–water partition coefficient (Wildman–Crippen LogP) is 1.39. The second-order valence-electron chi connectivity index (χ2n) is 4.53. The fourth-order valence-electron chi connectivity index (χ4n) is 1.34. The van der Waals surface area contributed by atoms with Gasteiger partial charge in [0.15, 0.2) is 0 Å². The van der Waals surface area contributed by atoms with Crippen molar-refractivity contribution in [2.24, 2.45) is 5.92 Å². The molecule has 8 heteroatoms. The summed E-state index contributed by atoms with van der Waals surface area (Å²) in [4.78, 5) is 22.9. The Hall–Kier alpha value is -2.09. The molecule has 1 aromatic carbocycles. The molecule has 0 saturated carbocycles. The molecule has 1 rings (SSSR count). The van der Waals surface area contributed by atoms with Crippen molar-refractivity contribution in [2.45, 2.75) is 13.1 Å². The van der Waals surface area contributed by atoms with E-state index in [1.807, 2.05) is 0 Å². The van der Waals surface area contributed by atoms with Crippen LogP contribution >= 0.6 is 0 Å². The largest absolute Gasteiger partial charge is 0.416 e. The van der Waals surface area contributed by atoms with Gasteiger partial charge in [0, 0.05) is 18.8 Å². The van der Waals surface area contributed by atoms with Crippen molar-refractivity contribution in [1.82, 2.24) is 5.32 Å². The molecule has 0 aliphatic heterocycles. The molecule has 0 bridgehead atoms. The monoisotopic (exact) mass is 304 g/mol. The number of nitrogens with one attached hydrogen (secondary N) is 2. The molecule has 0 aromatic heterocycles.